The molecule has 0 aromatic heterocycles. The summed E-state index contributed by atoms with van der Waals surface area (Å²) in [6.45, 7) is 6.92. The van der Waals surface area contributed by atoms with Crippen LogP contribution in [0.1, 0.15) is 38.8 Å². The van der Waals surface area contributed by atoms with Gasteiger partial charge in [0, 0.05) is 28.9 Å². The van der Waals surface area contributed by atoms with E-state index in [1.54, 1.807) is 0 Å². The normalized spacial score (nSPS) is 10.8. The number of hydrogen-bond donors (Lipinski definition) is 2. The fourth-order valence-corrected chi connectivity index (χ4v) is 1.24. The van der Waals surface area contributed by atoms with Gasteiger partial charge in [-0.05, 0) is 12.1 Å². The molecular weight excluding hydrogens is 222 g/mol. The molecule has 2 nitrogen and oxygen atoms in total. The molecule has 1 rings (SSSR count). The molecule has 1 aromatic rings. The van der Waals surface area contributed by atoms with Crippen molar-refractivity contribution in [2.24, 2.45) is 5.92 Å². The highest BCUT2D eigenvalue weighted by atomic mass is 19.3. The van der Waals surface area contributed by atoms with Gasteiger partial charge in [-0.3, -0.25) is 0 Å². The van der Waals surface area contributed by atoms with Crippen LogP contribution in [0.2, 0.25) is 0 Å². The van der Waals surface area contributed by atoms with Crippen molar-refractivity contribution in [2.75, 3.05) is 5.73 Å². The Bertz CT molecular complexity index is 374. The highest BCUT2D eigenvalue weighted by Crippen LogP contribution is 2.36. The fourth-order valence-electron chi connectivity index (χ4n) is 1.24. The lowest BCUT2D eigenvalue weighted by Crippen LogP contribution is -2.21. The summed E-state index contributed by atoms with van der Waals surface area (Å²) in [5.41, 5.74) is 6.10. The largest absolute Gasteiger partial charge is 0.398 e. The number of nitrogen functional groups attached to an aromatic ring is 1. The predicted octanol–water partition coefficient (Wildman–Crippen LogP) is 4.04. The van der Waals surface area contributed by atoms with Gasteiger partial charge < -0.3 is 11.1 Å². The number of nitrogens with one attached hydrogen (secondary N) is 1. The van der Waals surface area contributed by atoms with E-state index in [9.17, 15) is 8.78 Å². The van der Waals surface area contributed by atoms with Gasteiger partial charge in [0.15, 0.2) is 0 Å². The van der Waals surface area contributed by atoms with Crippen LogP contribution < -0.4 is 5.73 Å². The van der Waals surface area contributed by atoms with E-state index in [1.165, 1.54) is 32.0 Å². The van der Waals surface area contributed by atoms with Crippen molar-refractivity contribution in [2.45, 2.75) is 33.6 Å². The summed E-state index contributed by atoms with van der Waals surface area (Å²) in [6.07, 6.45) is 0.981. The molecule has 96 valence electrons. The molecule has 0 spiro atoms. The Kier molecular flexibility index (Phi) is 5.79. The van der Waals surface area contributed by atoms with Crippen molar-refractivity contribution in [3.05, 3.63) is 29.3 Å². The number of alkyl halides is 2. The molecular formula is C13H20F2N2. The van der Waals surface area contributed by atoms with Gasteiger partial charge >= 0.3 is 0 Å². The Morgan fingerprint density at radius 2 is 1.82 bits per heavy atom. The van der Waals surface area contributed by atoms with Crippen molar-refractivity contribution >= 4 is 11.9 Å². The molecule has 1 aromatic carbocycles. The number of benzene rings is 1. The first-order chi connectivity index (χ1) is 7.89. The van der Waals surface area contributed by atoms with Crippen molar-refractivity contribution < 1.29 is 8.78 Å². The van der Waals surface area contributed by atoms with E-state index in [-0.39, 0.29) is 5.56 Å². The smallest absolute Gasteiger partial charge is 0.275 e. The number of nitrogens with two attached hydrogens (primary N) is 1. The average Bonchev–Trinajstić information content (AvgIpc) is 2.31. The Hall–Kier alpha value is -1.45. The van der Waals surface area contributed by atoms with Crippen LogP contribution in [-0.4, -0.2) is 6.21 Å². The first-order valence-electron chi connectivity index (χ1n) is 5.68. The Balaban J connectivity index is 0.00000121. The minimum absolute atomic E-state index is 0.0924. The molecule has 3 N–H and O–H groups in total. The maximum atomic E-state index is 13.6. The van der Waals surface area contributed by atoms with Gasteiger partial charge in [-0.2, -0.15) is 0 Å². The zero-order chi connectivity index (χ0) is 13.6. The first-order valence-corrected chi connectivity index (χ1v) is 5.68. The van der Waals surface area contributed by atoms with Gasteiger partial charge in [-0.15, -0.1) is 0 Å². The van der Waals surface area contributed by atoms with Crippen LogP contribution in [0, 0.1) is 11.3 Å². The number of anilines is 1. The van der Waals surface area contributed by atoms with Crippen molar-refractivity contribution in [1.29, 1.82) is 5.41 Å². The van der Waals surface area contributed by atoms with Gasteiger partial charge in [0.25, 0.3) is 5.92 Å². The lowest BCUT2D eigenvalue weighted by atomic mass is 9.96. The summed E-state index contributed by atoms with van der Waals surface area (Å²) in [5, 5.41) is 7.04. The zero-order valence-electron chi connectivity index (χ0n) is 10.7. The van der Waals surface area contributed by atoms with Gasteiger partial charge in [0.05, 0.1) is 0 Å². The second-order valence-electron chi connectivity index (χ2n) is 3.77. The maximum Gasteiger partial charge on any atom is 0.275 e. The zero-order valence-corrected chi connectivity index (χ0v) is 10.7. The molecule has 0 radical (unpaired) electrons. The molecule has 0 saturated heterocycles. The van der Waals surface area contributed by atoms with Crippen LogP contribution in [0.4, 0.5) is 14.5 Å². The van der Waals surface area contributed by atoms with Gasteiger partial charge in [-0.25, -0.2) is 8.78 Å². The average molecular weight is 242 g/mol. The van der Waals surface area contributed by atoms with Crippen molar-refractivity contribution in [3.63, 3.8) is 0 Å². The van der Waals surface area contributed by atoms with Crippen LogP contribution >= 0.6 is 0 Å². The molecule has 0 saturated carbocycles. The second kappa shape index (κ2) is 6.33. The van der Waals surface area contributed by atoms with E-state index >= 15 is 0 Å². The quantitative estimate of drug-likeness (QED) is 0.610. The summed E-state index contributed by atoms with van der Waals surface area (Å²) in [5.74, 6) is -3.66. The third-order valence-electron chi connectivity index (χ3n) is 2.35. The van der Waals surface area contributed by atoms with Crippen molar-refractivity contribution in [1.82, 2.24) is 0 Å². The minimum Gasteiger partial charge on any atom is -0.398 e. The summed E-state index contributed by atoms with van der Waals surface area (Å²) in [6, 6.07) is 3.98. The Morgan fingerprint density at radius 3 is 2.24 bits per heavy atom. The lowest BCUT2D eigenvalue weighted by molar-refractivity contribution is -0.0513. The molecule has 0 aliphatic carbocycles. The van der Waals surface area contributed by atoms with E-state index < -0.39 is 11.8 Å². The second-order valence-corrected chi connectivity index (χ2v) is 3.77. The lowest BCUT2D eigenvalue weighted by Gasteiger charge is -2.21. The number of halogens is 2. The van der Waals surface area contributed by atoms with Gasteiger partial charge in [-0.1, -0.05) is 33.8 Å². The third-order valence-corrected chi connectivity index (χ3v) is 2.35. The molecule has 0 heterocycles. The molecule has 0 aliphatic heterocycles. The van der Waals surface area contributed by atoms with E-state index in [0.717, 1.165) is 6.21 Å². The highest BCUT2D eigenvalue weighted by molar-refractivity contribution is 5.85. The first kappa shape index (κ1) is 15.6. The Morgan fingerprint density at radius 1 is 1.29 bits per heavy atom. The van der Waals surface area contributed by atoms with E-state index in [4.69, 9.17) is 11.1 Å². The monoisotopic (exact) mass is 242 g/mol. The molecule has 0 aliphatic rings. The molecule has 0 amide bonds. The molecule has 0 atom stereocenters. The SMILES string of the molecule is CC.CC(C)C(F)(F)c1ccc(N)c(C=N)c1. The van der Waals surface area contributed by atoms with E-state index in [2.05, 4.69) is 0 Å². The fraction of sp³-hybridized carbons (Fsp3) is 0.462. The summed E-state index contributed by atoms with van der Waals surface area (Å²) < 4.78 is 27.2. The molecule has 17 heavy (non-hydrogen) atoms. The molecule has 0 fully saturated rings. The van der Waals surface area contributed by atoms with Crippen LogP contribution in [0.15, 0.2) is 18.2 Å². The van der Waals surface area contributed by atoms with Gasteiger partial charge in [0.1, 0.15) is 0 Å². The topological polar surface area (TPSA) is 49.9 Å². The molecule has 0 bridgehead atoms. The van der Waals surface area contributed by atoms with Crippen molar-refractivity contribution in [3.8, 4) is 0 Å². The standard InChI is InChI=1S/C11H14F2N2.C2H6/c1-7(2)11(12,13)9-3-4-10(15)8(5-9)6-14;1-2/h3-7,14H,15H2,1-2H3;1-2H3. The maximum absolute atomic E-state index is 13.6. The number of rotatable bonds is 3. The summed E-state index contributed by atoms with van der Waals surface area (Å²) >= 11 is 0. The van der Waals surface area contributed by atoms with E-state index in [1.807, 2.05) is 13.8 Å². The summed E-state index contributed by atoms with van der Waals surface area (Å²) in [4.78, 5) is 0. The Labute approximate surface area is 101 Å². The van der Waals surface area contributed by atoms with Gasteiger partial charge in [0.2, 0.25) is 0 Å². The molecule has 0 unspecified atom stereocenters. The molecule has 4 heteroatoms. The van der Waals surface area contributed by atoms with Crippen LogP contribution in [0.25, 0.3) is 0 Å². The van der Waals surface area contributed by atoms with E-state index in [0.29, 0.717) is 11.3 Å². The van der Waals surface area contributed by atoms with Crippen LogP contribution in [0.5, 0.6) is 0 Å². The van der Waals surface area contributed by atoms with Crippen LogP contribution in [-0.2, 0) is 5.92 Å². The third kappa shape index (κ3) is 3.51. The van der Waals surface area contributed by atoms with Crippen LogP contribution in [0.3, 0.4) is 0 Å². The summed E-state index contributed by atoms with van der Waals surface area (Å²) in [7, 11) is 0. The number of hydrogen-bond acceptors (Lipinski definition) is 2. The predicted molar refractivity (Wildman–Crippen MR) is 68.8 cm³/mol. The highest BCUT2D eigenvalue weighted by Gasteiger charge is 2.35. The minimum atomic E-state index is -2.88.